The van der Waals surface area contributed by atoms with Crippen LogP contribution in [0.2, 0.25) is 0 Å². The Morgan fingerprint density at radius 2 is 2.00 bits per heavy atom. The van der Waals surface area contributed by atoms with Gasteiger partial charge in [0.1, 0.15) is 5.54 Å². The molecule has 0 aromatic carbocycles. The van der Waals surface area contributed by atoms with Gasteiger partial charge in [-0.1, -0.05) is 0 Å². The molecule has 1 spiro atoms. The molecule has 2 saturated heterocycles. The highest BCUT2D eigenvalue weighted by Gasteiger charge is 2.55. The molecule has 0 radical (unpaired) electrons. The fraction of sp³-hybridized carbons (Fsp3) is 0.800. The first-order valence-electron chi connectivity index (χ1n) is 5.55. The zero-order valence-electron chi connectivity index (χ0n) is 9.40. The quantitative estimate of drug-likeness (QED) is 0.593. The molecule has 6 nitrogen and oxygen atoms in total. The van der Waals surface area contributed by atoms with Crippen LogP contribution in [0.1, 0.15) is 12.8 Å². The number of carbonyl (C=O) groups excluding carboxylic acids is 2. The Morgan fingerprint density at radius 1 is 1.38 bits per heavy atom. The van der Waals surface area contributed by atoms with Crippen LogP contribution < -0.4 is 5.32 Å². The number of aliphatic hydroxyl groups is 1. The van der Waals surface area contributed by atoms with Crippen LogP contribution in [0.15, 0.2) is 0 Å². The van der Waals surface area contributed by atoms with E-state index in [1.165, 1.54) is 4.90 Å². The van der Waals surface area contributed by atoms with Crippen LogP contribution >= 0.6 is 0 Å². The smallest absolute Gasteiger partial charge is 0.327 e. The third-order valence-electron chi connectivity index (χ3n) is 3.56. The number of hydrogen-bond donors (Lipinski definition) is 2. The molecule has 0 aromatic heterocycles. The number of nitrogens with zero attached hydrogens (tertiary/aromatic N) is 2. The molecule has 90 valence electrons. The number of aliphatic hydroxyl groups excluding tert-OH is 1. The van der Waals surface area contributed by atoms with Crippen molar-refractivity contribution < 1.29 is 14.7 Å². The molecule has 3 amide bonds. The monoisotopic (exact) mass is 227 g/mol. The number of likely N-dealkylation sites (N-methyl/N-ethyl adjacent to an activating group) is 1. The summed E-state index contributed by atoms with van der Waals surface area (Å²) >= 11 is 0. The average molecular weight is 227 g/mol. The van der Waals surface area contributed by atoms with E-state index in [0.717, 1.165) is 18.0 Å². The lowest BCUT2D eigenvalue weighted by Gasteiger charge is -2.36. The molecule has 0 atom stereocenters. The zero-order chi connectivity index (χ0) is 11.8. The van der Waals surface area contributed by atoms with Crippen LogP contribution in [-0.2, 0) is 4.79 Å². The van der Waals surface area contributed by atoms with Gasteiger partial charge in [-0.3, -0.25) is 9.69 Å². The van der Waals surface area contributed by atoms with E-state index < -0.39 is 5.54 Å². The van der Waals surface area contributed by atoms with Crippen molar-refractivity contribution in [3.8, 4) is 0 Å². The third-order valence-corrected chi connectivity index (χ3v) is 3.56. The van der Waals surface area contributed by atoms with Gasteiger partial charge in [-0.2, -0.15) is 0 Å². The van der Waals surface area contributed by atoms with E-state index in [-0.39, 0.29) is 25.1 Å². The van der Waals surface area contributed by atoms with Gasteiger partial charge in [-0.25, -0.2) is 4.79 Å². The molecule has 0 unspecified atom stereocenters. The van der Waals surface area contributed by atoms with E-state index in [4.69, 9.17) is 5.11 Å². The van der Waals surface area contributed by atoms with Crippen molar-refractivity contribution >= 4 is 11.9 Å². The minimum Gasteiger partial charge on any atom is -0.395 e. The summed E-state index contributed by atoms with van der Waals surface area (Å²) in [5.41, 5.74) is -0.669. The van der Waals surface area contributed by atoms with Crippen LogP contribution in [0.3, 0.4) is 0 Å². The molecular formula is C10H17N3O3. The molecule has 2 rings (SSSR count). The number of nitrogens with one attached hydrogen (secondary N) is 1. The van der Waals surface area contributed by atoms with E-state index in [9.17, 15) is 9.59 Å². The Balaban J connectivity index is 2.26. The van der Waals surface area contributed by atoms with Gasteiger partial charge in [0, 0.05) is 7.05 Å². The van der Waals surface area contributed by atoms with E-state index >= 15 is 0 Å². The molecule has 0 aliphatic carbocycles. The van der Waals surface area contributed by atoms with Gasteiger partial charge in [-0.15, -0.1) is 0 Å². The van der Waals surface area contributed by atoms with Gasteiger partial charge in [0.25, 0.3) is 5.91 Å². The Kier molecular flexibility index (Phi) is 2.86. The summed E-state index contributed by atoms with van der Waals surface area (Å²) in [5, 5.41) is 12.0. The lowest BCUT2D eigenvalue weighted by molar-refractivity contribution is -0.134. The predicted molar refractivity (Wildman–Crippen MR) is 56.8 cm³/mol. The third kappa shape index (κ3) is 1.41. The summed E-state index contributed by atoms with van der Waals surface area (Å²) in [6.07, 6.45) is 1.30. The van der Waals surface area contributed by atoms with E-state index in [2.05, 4.69) is 5.32 Å². The predicted octanol–water partition coefficient (Wildman–Crippen LogP) is -1.01. The number of carbonyl (C=O) groups is 2. The largest absolute Gasteiger partial charge is 0.395 e. The maximum absolute atomic E-state index is 12.2. The van der Waals surface area contributed by atoms with Gasteiger partial charge in [0.15, 0.2) is 0 Å². The van der Waals surface area contributed by atoms with Crippen molar-refractivity contribution in [2.75, 3.05) is 33.3 Å². The lowest BCUT2D eigenvalue weighted by Crippen LogP contribution is -2.54. The maximum Gasteiger partial charge on any atom is 0.327 e. The normalized spacial score (nSPS) is 24.6. The highest BCUT2D eigenvalue weighted by Crippen LogP contribution is 2.33. The second-order valence-corrected chi connectivity index (χ2v) is 4.30. The molecule has 0 aromatic rings. The van der Waals surface area contributed by atoms with Crippen LogP contribution in [0.4, 0.5) is 4.79 Å². The van der Waals surface area contributed by atoms with Gasteiger partial charge in [0.2, 0.25) is 0 Å². The number of piperidine rings is 1. The summed E-state index contributed by atoms with van der Waals surface area (Å²) in [7, 11) is 1.67. The summed E-state index contributed by atoms with van der Waals surface area (Å²) in [5.74, 6) is -0.157. The SMILES string of the molecule is CN1C(=O)N(CCO)C(=O)C12CCNCC2. The lowest BCUT2D eigenvalue weighted by atomic mass is 9.87. The Labute approximate surface area is 94.2 Å². The van der Waals surface area contributed by atoms with Crippen molar-refractivity contribution in [1.82, 2.24) is 15.1 Å². The molecule has 2 fully saturated rings. The molecule has 0 saturated carbocycles. The second-order valence-electron chi connectivity index (χ2n) is 4.30. The molecule has 6 heteroatoms. The number of β-amino-alcohol motifs (C(OH)–C–C–N with tert-alkyl or cyclic N) is 1. The molecule has 2 aliphatic heterocycles. The standard InChI is InChI=1S/C10H17N3O3/c1-12-9(16)13(6-7-14)8(15)10(12)2-4-11-5-3-10/h11,14H,2-7H2,1H3. The molecular weight excluding hydrogens is 210 g/mol. The first-order valence-corrected chi connectivity index (χ1v) is 5.55. The van der Waals surface area contributed by atoms with Gasteiger partial charge >= 0.3 is 6.03 Å². The molecule has 16 heavy (non-hydrogen) atoms. The number of rotatable bonds is 2. The fourth-order valence-corrected chi connectivity index (χ4v) is 2.53. The average Bonchev–Trinajstić information content (AvgIpc) is 2.47. The Bertz CT molecular complexity index is 312. The molecule has 2 heterocycles. The van der Waals surface area contributed by atoms with Crippen LogP contribution in [-0.4, -0.2) is 65.7 Å². The van der Waals surface area contributed by atoms with Crippen LogP contribution in [0.25, 0.3) is 0 Å². The minimum atomic E-state index is -0.669. The Hall–Kier alpha value is -1.14. The number of imide groups is 1. The van der Waals surface area contributed by atoms with Crippen molar-refractivity contribution in [2.45, 2.75) is 18.4 Å². The zero-order valence-corrected chi connectivity index (χ0v) is 9.40. The summed E-state index contributed by atoms with van der Waals surface area (Å²) in [6, 6.07) is -0.291. The molecule has 2 N–H and O–H groups in total. The second kappa shape index (κ2) is 4.03. The highest BCUT2D eigenvalue weighted by atomic mass is 16.3. The highest BCUT2D eigenvalue weighted by molar-refractivity contribution is 6.07. The first kappa shape index (κ1) is 11.3. The summed E-state index contributed by atoms with van der Waals surface area (Å²) in [4.78, 5) is 26.8. The summed E-state index contributed by atoms with van der Waals surface area (Å²) < 4.78 is 0. The van der Waals surface area contributed by atoms with Gasteiger partial charge < -0.3 is 15.3 Å². The number of hydrogen-bond acceptors (Lipinski definition) is 4. The van der Waals surface area contributed by atoms with E-state index in [0.29, 0.717) is 12.8 Å². The summed E-state index contributed by atoms with van der Waals surface area (Å²) in [6.45, 7) is 1.41. The van der Waals surface area contributed by atoms with Gasteiger partial charge in [-0.05, 0) is 25.9 Å². The minimum absolute atomic E-state index is 0.0944. The van der Waals surface area contributed by atoms with Crippen molar-refractivity contribution in [1.29, 1.82) is 0 Å². The van der Waals surface area contributed by atoms with Crippen LogP contribution in [0, 0.1) is 0 Å². The van der Waals surface area contributed by atoms with E-state index in [1.807, 2.05) is 0 Å². The van der Waals surface area contributed by atoms with Crippen molar-refractivity contribution in [3.05, 3.63) is 0 Å². The molecule has 2 aliphatic rings. The number of urea groups is 1. The number of amides is 3. The van der Waals surface area contributed by atoms with Gasteiger partial charge in [0.05, 0.1) is 13.2 Å². The first-order chi connectivity index (χ1) is 7.63. The Morgan fingerprint density at radius 3 is 2.56 bits per heavy atom. The van der Waals surface area contributed by atoms with Crippen molar-refractivity contribution in [3.63, 3.8) is 0 Å². The topological polar surface area (TPSA) is 72.9 Å². The maximum atomic E-state index is 12.2. The van der Waals surface area contributed by atoms with Crippen molar-refractivity contribution in [2.24, 2.45) is 0 Å². The van der Waals surface area contributed by atoms with E-state index in [1.54, 1.807) is 7.05 Å². The van der Waals surface area contributed by atoms with Crippen LogP contribution in [0.5, 0.6) is 0 Å². The molecule has 0 bridgehead atoms. The fourth-order valence-electron chi connectivity index (χ4n) is 2.53.